The number of hydrogen-bond acceptors (Lipinski definition) is 1. The molecule has 0 N–H and O–H groups in total. The van der Waals surface area contributed by atoms with E-state index in [9.17, 15) is 0 Å². The molecule has 0 aliphatic carbocycles. The van der Waals surface area contributed by atoms with Crippen LogP contribution in [-0.2, 0) is 0 Å². The van der Waals surface area contributed by atoms with Gasteiger partial charge in [-0.05, 0) is 113 Å². The van der Waals surface area contributed by atoms with Crippen molar-refractivity contribution in [2.45, 2.75) is 5.92 Å². The molecule has 0 heterocycles. The SMILES string of the molecule is c1ccc(-c2c3ccc(N(c4ccccc4)c4cccc5ccccc45)cc3c(-c3ccccc3)c3ccc(C(c4ccccc4)c4cccc5ccccc45)cc23)cc1. The van der Waals surface area contributed by atoms with Crippen molar-refractivity contribution < 1.29 is 0 Å². The molecule has 0 aliphatic heterocycles. The fourth-order valence-electron chi connectivity index (χ4n) is 9.49. The monoisotopic (exact) mass is 763 g/mol. The van der Waals surface area contributed by atoms with Crippen LogP contribution >= 0.6 is 0 Å². The van der Waals surface area contributed by atoms with Crippen LogP contribution in [0.1, 0.15) is 22.6 Å². The van der Waals surface area contributed by atoms with Gasteiger partial charge >= 0.3 is 0 Å². The highest BCUT2D eigenvalue weighted by Crippen LogP contribution is 2.48. The fourth-order valence-corrected chi connectivity index (χ4v) is 9.49. The summed E-state index contributed by atoms with van der Waals surface area (Å²) in [5.41, 5.74) is 12.1. The minimum Gasteiger partial charge on any atom is -0.310 e. The van der Waals surface area contributed by atoms with Crippen LogP contribution in [0.3, 0.4) is 0 Å². The van der Waals surface area contributed by atoms with Crippen molar-refractivity contribution in [1.29, 1.82) is 0 Å². The summed E-state index contributed by atoms with van der Waals surface area (Å²) in [6, 6.07) is 88.9. The molecular formula is C59H41N. The Bertz CT molecular complexity index is 3060. The molecule has 1 nitrogen and oxygen atoms in total. The van der Waals surface area contributed by atoms with Crippen molar-refractivity contribution in [3.05, 3.63) is 259 Å². The highest BCUT2D eigenvalue weighted by molar-refractivity contribution is 6.22. The molecule has 0 fully saturated rings. The van der Waals surface area contributed by atoms with Crippen molar-refractivity contribution in [1.82, 2.24) is 0 Å². The zero-order chi connectivity index (χ0) is 39.8. The van der Waals surface area contributed by atoms with Crippen molar-refractivity contribution in [2.75, 3.05) is 4.90 Å². The minimum atomic E-state index is 0.0312. The first-order valence-electron chi connectivity index (χ1n) is 20.8. The molecule has 0 aliphatic rings. The minimum absolute atomic E-state index is 0.0312. The molecule has 282 valence electrons. The van der Waals surface area contributed by atoms with E-state index in [1.54, 1.807) is 0 Å². The predicted octanol–water partition coefficient (Wildman–Crippen LogP) is 16.3. The van der Waals surface area contributed by atoms with Gasteiger partial charge in [0.1, 0.15) is 0 Å². The number of hydrogen-bond donors (Lipinski definition) is 0. The maximum Gasteiger partial charge on any atom is 0.0540 e. The Morgan fingerprint density at radius 3 is 1.45 bits per heavy atom. The molecule has 0 aromatic heterocycles. The normalized spacial score (nSPS) is 11.9. The Balaban J connectivity index is 1.23. The second kappa shape index (κ2) is 15.2. The molecule has 1 heteroatoms. The number of anilines is 3. The van der Waals surface area contributed by atoms with Gasteiger partial charge in [0.2, 0.25) is 0 Å². The first-order valence-corrected chi connectivity index (χ1v) is 20.8. The van der Waals surface area contributed by atoms with Gasteiger partial charge in [-0.3, -0.25) is 0 Å². The molecule has 60 heavy (non-hydrogen) atoms. The van der Waals surface area contributed by atoms with Crippen LogP contribution in [0.4, 0.5) is 17.1 Å². The lowest BCUT2D eigenvalue weighted by Gasteiger charge is -2.28. The van der Waals surface area contributed by atoms with E-state index in [1.807, 2.05) is 0 Å². The Morgan fingerprint density at radius 2 is 0.783 bits per heavy atom. The van der Waals surface area contributed by atoms with Crippen LogP contribution < -0.4 is 4.90 Å². The van der Waals surface area contributed by atoms with E-state index in [1.165, 1.54) is 82.0 Å². The molecule has 1 atom stereocenters. The summed E-state index contributed by atoms with van der Waals surface area (Å²) in [4.78, 5) is 2.42. The van der Waals surface area contributed by atoms with Crippen molar-refractivity contribution >= 4 is 60.2 Å². The van der Waals surface area contributed by atoms with Gasteiger partial charge in [0.25, 0.3) is 0 Å². The molecule has 0 radical (unpaired) electrons. The van der Waals surface area contributed by atoms with Crippen LogP contribution in [0, 0.1) is 0 Å². The second-order valence-electron chi connectivity index (χ2n) is 15.6. The Kier molecular flexibility index (Phi) is 8.98. The number of benzene rings is 11. The standard InChI is InChI=1S/C59H41N/c1-5-21-43(22-6-1)57(51-33-17-27-41-19-13-15-31-49(41)51)46-35-37-52-54(39-46)58(44-23-7-2-8-24-44)53-38-36-48(40-55(53)59(52)45-25-9-3-10-26-45)60(47-29-11-4-12-30-47)56-34-18-28-42-20-14-16-32-50(42)56/h1-40,57H. The fraction of sp³-hybridized carbons (Fsp3) is 0.0169. The first-order chi connectivity index (χ1) is 29.8. The Morgan fingerprint density at radius 1 is 0.283 bits per heavy atom. The molecule has 11 rings (SSSR count). The summed E-state index contributed by atoms with van der Waals surface area (Å²) in [7, 11) is 0. The number of nitrogens with zero attached hydrogens (tertiary/aromatic N) is 1. The summed E-state index contributed by atoms with van der Waals surface area (Å²) in [6.07, 6.45) is 0. The van der Waals surface area contributed by atoms with Gasteiger partial charge in [-0.1, -0.05) is 206 Å². The van der Waals surface area contributed by atoms with E-state index in [0.717, 1.165) is 17.1 Å². The largest absolute Gasteiger partial charge is 0.310 e. The average Bonchev–Trinajstić information content (AvgIpc) is 3.32. The third-order valence-electron chi connectivity index (χ3n) is 12.1. The molecule has 0 saturated heterocycles. The molecule has 11 aromatic carbocycles. The van der Waals surface area contributed by atoms with Crippen LogP contribution in [0.2, 0.25) is 0 Å². The highest BCUT2D eigenvalue weighted by Gasteiger charge is 2.24. The van der Waals surface area contributed by atoms with Gasteiger partial charge in [0, 0.05) is 22.7 Å². The van der Waals surface area contributed by atoms with Crippen molar-refractivity contribution in [3.63, 3.8) is 0 Å². The molecule has 0 saturated carbocycles. The van der Waals surface area contributed by atoms with Crippen molar-refractivity contribution in [2.24, 2.45) is 0 Å². The first kappa shape index (κ1) is 35.4. The lowest BCUT2D eigenvalue weighted by molar-refractivity contribution is 0.992. The maximum absolute atomic E-state index is 2.49. The third kappa shape index (κ3) is 6.20. The van der Waals surface area contributed by atoms with Gasteiger partial charge in [-0.15, -0.1) is 0 Å². The Labute approximate surface area is 351 Å². The molecule has 0 amide bonds. The molecule has 0 bridgehead atoms. The number of fused-ring (bicyclic) bond motifs is 4. The zero-order valence-corrected chi connectivity index (χ0v) is 33.1. The smallest absolute Gasteiger partial charge is 0.0540 e. The predicted molar refractivity (Wildman–Crippen MR) is 256 cm³/mol. The summed E-state index contributed by atoms with van der Waals surface area (Å²) < 4.78 is 0. The third-order valence-corrected chi connectivity index (χ3v) is 12.1. The Hall–Kier alpha value is -7.74. The van der Waals surface area contributed by atoms with Gasteiger partial charge in [-0.25, -0.2) is 0 Å². The van der Waals surface area contributed by atoms with Gasteiger partial charge in [0.05, 0.1) is 5.69 Å². The van der Waals surface area contributed by atoms with Crippen molar-refractivity contribution in [3.8, 4) is 22.3 Å². The lowest BCUT2D eigenvalue weighted by atomic mass is 9.80. The molecule has 1 unspecified atom stereocenters. The topological polar surface area (TPSA) is 3.24 Å². The molecular weight excluding hydrogens is 723 g/mol. The van der Waals surface area contributed by atoms with Gasteiger partial charge in [0.15, 0.2) is 0 Å². The van der Waals surface area contributed by atoms with Crippen LogP contribution in [-0.4, -0.2) is 0 Å². The second-order valence-corrected chi connectivity index (χ2v) is 15.6. The lowest BCUT2D eigenvalue weighted by Crippen LogP contribution is -2.10. The van der Waals surface area contributed by atoms with E-state index >= 15 is 0 Å². The average molecular weight is 764 g/mol. The summed E-state index contributed by atoms with van der Waals surface area (Å²) >= 11 is 0. The summed E-state index contributed by atoms with van der Waals surface area (Å²) in [5, 5.41) is 9.87. The number of rotatable bonds is 8. The molecule has 0 spiro atoms. The maximum atomic E-state index is 2.49. The van der Waals surface area contributed by atoms with Gasteiger partial charge < -0.3 is 4.90 Å². The summed E-state index contributed by atoms with van der Waals surface area (Å²) in [5.74, 6) is 0.0312. The van der Waals surface area contributed by atoms with Crippen LogP contribution in [0.15, 0.2) is 243 Å². The van der Waals surface area contributed by atoms with Crippen LogP contribution in [0.5, 0.6) is 0 Å². The van der Waals surface area contributed by atoms with E-state index in [2.05, 4.69) is 248 Å². The highest BCUT2D eigenvalue weighted by atomic mass is 15.1. The zero-order valence-electron chi connectivity index (χ0n) is 33.1. The number of para-hydroxylation sites is 1. The van der Waals surface area contributed by atoms with E-state index in [0.29, 0.717) is 0 Å². The quantitative estimate of drug-likeness (QED) is 0.110. The van der Waals surface area contributed by atoms with E-state index < -0.39 is 0 Å². The van der Waals surface area contributed by atoms with E-state index in [4.69, 9.17) is 0 Å². The van der Waals surface area contributed by atoms with Crippen LogP contribution in [0.25, 0.3) is 65.3 Å². The van der Waals surface area contributed by atoms with E-state index in [-0.39, 0.29) is 5.92 Å². The van der Waals surface area contributed by atoms with Gasteiger partial charge in [-0.2, -0.15) is 0 Å². The summed E-state index contributed by atoms with van der Waals surface area (Å²) in [6.45, 7) is 0. The molecule has 11 aromatic rings.